The van der Waals surface area contributed by atoms with Gasteiger partial charge in [0.25, 0.3) is 5.56 Å². The minimum atomic E-state index is -4.86. The summed E-state index contributed by atoms with van der Waals surface area (Å²) in [5, 5.41) is -0.519. The summed E-state index contributed by atoms with van der Waals surface area (Å²) in [6.45, 7) is 1.22. The Kier molecular flexibility index (Phi) is 7.81. The van der Waals surface area contributed by atoms with E-state index in [-0.39, 0.29) is 55.8 Å². The van der Waals surface area contributed by atoms with E-state index >= 15 is 0 Å². The maximum atomic E-state index is 14.2. The summed E-state index contributed by atoms with van der Waals surface area (Å²) in [7, 11) is -3.68. The molecule has 38 heavy (non-hydrogen) atoms. The third-order valence-electron chi connectivity index (χ3n) is 6.60. The van der Waals surface area contributed by atoms with Gasteiger partial charge in [-0.3, -0.25) is 19.1 Å². The highest BCUT2D eigenvalue weighted by molar-refractivity contribution is 7.91. The quantitative estimate of drug-likeness (QED) is 0.444. The number of hydrogen-bond donors (Lipinski definition) is 1. The van der Waals surface area contributed by atoms with Crippen LogP contribution in [0.2, 0.25) is 10.0 Å². The fourth-order valence-corrected chi connectivity index (χ4v) is 6.29. The number of aromatic nitrogens is 2. The van der Waals surface area contributed by atoms with Gasteiger partial charge < -0.3 is 5.73 Å². The van der Waals surface area contributed by atoms with Crippen LogP contribution in [0.5, 0.6) is 0 Å². The van der Waals surface area contributed by atoms with Gasteiger partial charge in [-0.25, -0.2) is 13.4 Å². The van der Waals surface area contributed by atoms with Crippen LogP contribution in [0.1, 0.15) is 36.5 Å². The van der Waals surface area contributed by atoms with Crippen molar-refractivity contribution < 1.29 is 26.4 Å². The van der Waals surface area contributed by atoms with Crippen molar-refractivity contribution in [1.29, 1.82) is 0 Å². The molecule has 1 aromatic heterocycles. The van der Waals surface area contributed by atoms with E-state index in [9.17, 15) is 31.2 Å². The number of carbonyl (C=O) groups excluding carboxylic acids is 1. The highest BCUT2D eigenvalue weighted by Gasteiger charge is 2.38. The number of nitrogens with two attached hydrogens (primary N) is 1. The predicted molar refractivity (Wildman–Crippen MR) is 137 cm³/mol. The minimum absolute atomic E-state index is 0.0459. The van der Waals surface area contributed by atoms with E-state index in [0.29, 0.717) is 25.5 Å². The molecule has 1 fully saturated rings. The van der Waals surface area contributed by atoms with Gasteiger partial charge in [-0.1, -0.05) is 30.1 Å². The van der Waals surface area contributed by atoms with Crippen molar-refractivity contribution in [3.05, 3.63) is 67.7 Å². The van der Waals surface area contributed by atoms with Gasteiger partial charge >= 0.3 is 6.18 Å². The van der Waals surface area contributed by atoms with Crippen LogP contribution >= 0.6 is 23.2 Å². The summed E-state index contributed by atoms with van der Waals surface area (Å²) in [4.78, 5) is 30.7. The lowest BCUT2D eigenvalue weighted by Crippen LogP contribution is -2.40. The van der Waals surface area contributed by atoms with Gasteiger partial charge in [0.1, 0.15) is 0 Å². The lowest BCUT2D eigenvalue weighted by molar-refractivity contribution is -0.138. The Labute approximate surface area is 226 Å². The Morgan fingerprint density at radius 1 is 1.21 bits per heavy atom. The Hall–Kier alpha value is -2.67. The molecule has 2 N–H and O–H groups in total. The highest BCUT2D eigenvalue weighted by Crippen LogP contribution is 2.39. The first-order valence-electron chi connectivity index (χ1n) is 11.6. The number of carbonyl (C=O) groups is 1. The molecule has 0 bridgehead atoms. The largest absolute Gasteiger partial charge is 0.416 e. The zero-order chi connectivity index (χ0) is 28.0. The molecule has 8 nitrogen and oxygen atoms in total. The van der Waals surface area contributed by atoms with Crippen molar-refractivity contribution in [3.8, 4) is 0 Å². The monoisotopic (exact) mass is 590 g/mol. The molecule has 0 spiro atoms. The van der Waals surface area contributed by atoms with Gasteiger partial charge in [-0.2, -0.15) is 13.2 Å². The number of sulfone groups is 1. The second-order valence-electron chi connectivity index (χ2n) is 8.97. The molecule has 2 heterocycles. The van der Waals surface area contributed by atoms with Crippen molar-refractivity contribution >= 4 is 49.8 Å². The van der Waals surface area contributed by atoms with Crippen LogP contribution < -0.4 is 11.3 Å². The Balaban J connectivity index is 1.85. The second-order valence-corrected chi connectivity index (χ2v) is 12.0. The van der Waals surface area contributed by atoms with Crippen LogP contribution in [0.15, 0.2) is 40.3 Å². The molecular formula is C24H23Cl2F3N4O4S. The molecule has 1 aliphatic heterocycles. The van der Waals surface area contributed by atoms with Crippen LogP contribution in [0, 0.1) is 0 Å². The first-order valence-corrected chi connectivity index (χ1v) is 14.0. The standard InChI is InChI=1S/C24H23Cl2F3N4O4S/c1-2-38(36,37)19-6-5-14(25)8-13(19)10-33-12-31-21-15(23(33)35)9-17(24(27,28)29)16(20(21)26)11-32-7-3-4-18(32)22(30)34/h5-6,8-9,12,18H,2-4,7,10-11H2,1H3,(H2,30,34)/t18-/m1/s1. The Morgan fingerprint density at radius 3 is 2.55 bits per heavy atom. The molecule has 0 aliphatic carbocycles. The summed E-state index contributed by atoms with van der Waals surface area (Å²) in [5.41, 5.74) is 3.18. The molecule has 1 saturated heterocycles. The van der Waals surface area contributed by atoms with Crippen LogP contribution in [0.3, 0.4) is 0 Å². The number of fused-ring (bicyclic) bond motifs is 1. The van der Waals surface area contributed by atoms with Crippen LogP contribution in [-0.4, -0.2) is 47.1 Å². The normalized spacial score (nSPS) is 16.8. The Bertz CT molecular complexity index is 1590. The van der Waals surface area contributed by atoms with E-state index in [1.165, 1.54) is 30.0 Å². The number of alkyl halides is 3. The van der Waals surface area contributed by atoms with E-state index < -0.39 is 39.1 Å². The summed E-state index contributed by atoms with van der Waals surface area (Å²) >= 11 is 12.5. The molecule has 2 aromatic carbocycles. The number of benzene rings is 2. The third-order valence-corrected chi connectivity index (χ3v) is 9.07. The summed E-state index contributed by atoms with van der Waals surface area (Å²) in [6.07, 6.45) is -2.76. The van der Waals surface area contributed by atoms with Crippen LogP contribution in [-0.2, 0) is 33.9 Å². The molecule has 1 amide bonds. The van der Waals surface area contributed by atoms with Crippen molar-refractivity contribution in [2.24, 2.45) is 5.73 Å². The number of likely N-dealkylation sites (tertiary alicyclic amines) is 1. The van der Waals surface area contributed by atoms with E-state index in [1.807, 2.05) is 0 Å². The SMILES string of the molecule is CCS(=O)(=O)c1ccc(Cl)cc1Cn1cnc2c(Cl)c(CN3CCC[C@@H]3C(N)=O)c(C(F)(F)F)cc2c1=O. The average molecular weight is 591 g/mol. The van der Waals surface area contributed by atoms with E-state index in [2.05, 4.69) is 4.98 Å². The molecule has 0 radical (unpaired) electrons. The van der Waals surface area contributed by atoms with Crippen molar-refractivity contribution in [1.82, 2.24) is 14.5 Å². The summed E-state index contributed by atoms with van der Waals surface area (Å²) in [6, 6.07) is 4.06. The second kappa shape index (κ2) is 10.5. The summed E-state index contributed by atoms with van der Waals surface area (Å²) in [5.74, 6) is -0.840. The number of nitrogens with zero attached hydrogens (tertiary/aromatic N) is 3. The molecule has 1 atom stereocenters. The molecule has 1 aliphatic rings. The van der Waals surface area contributed by atoms with Gasteiger partial charge in [0.05, 0.1) is 51.1 Å². The van der Waals surface area contributed by atoms with Crippen molar-refractivity contribution in [3.63, 3.8) is 0 Å². The molecule has 14 heteroatoms. The fraction of sp³-hybridized carbons (Fsp3) is 0.375. The topological polar surface area (TPSA) is 115 Å². The zero-order valence-corrected chi connectivity index (χ0v) is 22.4. The predicted octanol–water partition coefficient (Wildman–Crippen LogP) is 4.01. The maximum Gasteiger partial charge on any atom is 0.416 e. The van der Waals surface area contributed by atoms with Crippen LogP contribution in [0.25, 0.3) is 10.9 Å². The van der Waals surface area contributed by atoms with Gasteiger partial charge in [0.2, 0.25) is 5.91 Å². The lowest BCUT2D eigenvalue weighted by Gasteiger charge is -2.25. The minimum Gasteiger partial charge on any atom is -0.368 e. The number of amides is 1. The van der Waals surface area contributed by atoms with E-state index in [4.69, 9.17) is 28.9 Å². The first kappa shape index (κ1) is 28.3. The van der Waals surface area contributed by atoms with E-state index in [1.54, 1.807) is 0 Å². The van der Waals surface area contributed by atoms with Gasteiger partial charge in [-0.15, -0.1) is 0 Å². The van der Waals surface area contributed by atoms with Gasteiger partial charge in [0, 0.05) is 11.6 Å². The maximum absolute atomic E-state index is 14.2. The average Bonchev–Trinajstić information content (AvgIpc) is 3.30. The fourth-order valence-electron chi connectivity index (χ4n) is 4.68. The molecule has 204 valence electrons. The van der Waals surface area contributed by atoms with Crippen molar-refractivity contribution in [2.45, 2.75) is 50.0 Å². The van der Waals surface area contributed by atoms with Gasteiger partial charge in [-0.05, 0) is 54.8 Å². The molecule has 3 aromatic rings. The zero-order valence-electron chi connectivity index (χ0n) is 20.1. The molecule has 0 unspecified atom stereocenters. The highest BCUT2D eigenvalue weighted by atomic mass is 35.5. The molecule has 0 saturated carbocycles. The summed E-state index contributed by atoms with van der Waals surface area (Å²) < 4.78 is 68.5. The van der Waals surface area contributed by atoms with E-state index in [0.717, 1.165) is 10.9 Å². The number of primary amides is 1. The van der Waals surface area contributed by atoms with Crippen molar-refractivity contribution in [2.75, 3.05) is 12.3 Å². The number of rotatable bonds is 7. The van der Waals surface area contributed by atoms with Gasteiger partial charge in [0.15, 0.2) is 9.84 Å². The first-order chi connectivity index (χ1) is 17.7. The van der Waals surface area contributed by atoms with Crippen LogP contribution in [0.4, 0.5) is 13.2 Å². The number of hydrogen-bond acceptors (Lipinski definition) is 6. The number of halogens is 5. The molecular weight excluding hydrogens is 568 g/mol. The molecule has 4 rings (SSSR count). The third kappa shape index (κ3) is 5.40. The smallest absolute Gasteiger partial charge is 0.368 e. The lowest BCUT2D eigenvalue weighted by atomic mass is 10.0. The Morgan fingerprint density at radius 2 is 1.92 bits per heavy atom.